The maximum Gasteiger partial charge on any atom is 0.254 e. The smallest absolute Gasteiger partial charge is 0.254 e. The number of carbonyl (C=O) groups excluding carboxylic acids is 1. The third-order valence-corrected chi connectivity index (χ3v) is 4.17. The first kappa shape index (κ1) is 15.2. The fourth-order valence-electron chi connectivity index (χ4n) is 2.36. The molecule has 110 valence electrons. The highest BCUT2D eigenvalue weighted by Gasteiger charge is 2.24. The van der Waals surface area contributed by atoms with Gasteiger partial charge in [-0.05, 0) is 24.1 Å². The molecule has 1 aromatic rings. The zero-order valence-electron chi connectivity index (χ0n) is 12.0. The van der Waals surface area contributed by atoms with Crippen molar-refractivity contribution < 1.29 is 13.7 Å². The van der Waals surface area contributed by atoms with Gasteiger partial charge in [0.25, 0.3) is 5.91 Å². The molecular formula is C15H21NO3S. The number of amides is 1. The highest BCUT2D eigenvalue weighted by molar-refractivity contribution is 7.83. The molecule has 2 unspecified atom stereocenters. The first-order valence-electron chi connectivity index (χ1n) is 6.90. The number of benzene rings is 1. The predicted octanol–water partition coefficient (Wildman–Crippen LogP) is 1.82. The minimum Gasteiger partial charge on any atom is -0.375 e. The lowest BCUT2D eigenvalue weighted by molar-refractivity contribution is -0.0226. The van der Waals surface area contributed by atoms with Crippen LogP contribution in [0.3, 0.4) is 0 Å². The Labute approximate surface area is 122 Å². The Bertz CT molecular complexity index is 504. The van der Waals surface area contributed by atoms with Crippen molar-refractivity contribution in [3.63, 3.8) is 0 Å². The molecule has 1 fully saturated rings. The van der Waals surface area contributed by atoms with Crippen LogP contribution in [0.4, 0.5) is 0 Å². The van der Waals surface area contributed by atoms with Gasteiger partial charge in [0.1, 0.15) is 0 Å². The van der Waals surface area contributed by atoms with Gasteiger partial charge >= 0.3 is 0 Å². The molecule has 0 aliphatic carbocycles. The van der Waals surface area contributed by atoms with Crippen LogP contribution in [-0.4, -0.2) is 47.1 Å². The lowest BCUT2D eigenvalue weighted by Gasteiger charge is -2.32. The second-order valence-corrected chi connectivity index (χ2v) is 6.51. The lowest BCUT2D eigenvalue weighted by Crippen LogP contribution is -2.45. The molecule has 1 aliphatic heterocycles. The quantitative estimate of drug-likeness (QED) is 0.851. The van der Waals surface area contributed by atoms with E-state index in [9.17, 15) is 9.00 Å². The number of morpholine rings is 1. The lowest BCUT2D eigenvalue weighted by atomic mass is 10.1. The molecule has 0 radical (unpaired) electrons. The van der Waals surface area contributed by atoms with Gasteiger partial charge in [-0.3, -0.25) is 9.00 Å². The van der Waals surface area contributed by atoms with E-state index in [0.717, 1.165) is 12.0 Å². The monoisotopic (exact) mass is 295 g/mol. The van der Waals surface area contributed by atoms with Crippen molar-refractivity contribution in [1.82, 2.24) is 4.90 Å². The fourth-order valence-corrected chi connectivity index (χ4v) is 3.01. The Morgan fingerprint density at radius 3 is 3.00 bits per heavy atom. The average Bonchev–Trinajstić information content (AvgIpc) is 2.46. The Morgan fingerprint density at radius 2 is 2.30 bits per heavy atom. The van der Waals surface area contributed by atoms with E-state index < -0.39 is 10.8 Å². The van der Waals surface area contributed by atoms with Crippen molar-refractivity contribution in [3.8, 4) is 0 Å². The van der Waals surface area contributed by atoms with E-state index in [1.54, 1.807) is 6.26 Å². The Morgan fingerprint density at radius 1 is 1.50 bits per heavy atom. The molecule has 0 spiro atoms. The molecule has 1 aromatic carbocycles. The normalized spacial score (nSPS) is 20.7. The second-order valence-electron chi connectivity index (χ2n) is 5.07. The van der Waals surface area contributed by atoms with Crippen molar-refractivity contribution in [2.24, 2.45) is 0 Å². The molecule has 2 atom stereocenters. The molecule has 1 aliphatic rings. The maximum atomic E-state index is 12.5. The van der Waals surface area contributed by atoms with E-state index in [1.807, 2.05) is 29.2 Å². The minimum atomic E-state index is -0.895. The van der Waals surface area contributed by atoms with Crippen LogP contribution in [0.15, 0.2) is 24.3 Å². The van der Waals surface area contributed by atoms with Gasteiger partial charge in [-0.15, -0.1) is 0 Å². The van der Waals surface area contributed by atoms with Crippen molar-refractivity contribution in [2.45, 2.75) is 25.2 Å². The average molecular weight is 295 g/mol. The highest BCUT2D eigenvalue weighted by atomic mass is 32.2. The van der Waals surface area contributed by atoms with E-state index in [-0.39, 0.29) is 12.0 Å². The zero-order valence-corrected chi connectivity index (χ0v) is 12.8. The van der Waals surface area contributed by atoms with Crippen LogP contribution in [-0.2, 0) is 21.3 Å². The number of ether oxygens (including phenoxy) is 1. The maximum absolute atomic E-state index is 12.5. The topological polar surface area (TPSA) is 46.6 Å². The highest BCUT2D eigenvalue weighted by Crippen LogP contribution is 2.14. The van der Waals surface area contributed by atoms with E-state index in [0.29, 0.717) is 31.0 Å². The van der Waals surface area contributed by atoms with Crippen LogP contribution in [0.5, 0.6) is 0 Å². The van der Waals surface area contributed by atoms with Crippen LogP contribution < -0.4 is 0 Å². The van der Waals surface area contributed by atoms with Crippen molar-refractivity contribution in [2.75, 3.05) is 26.0 Å². The first-order valence-corrected chi connectivity index (χ1v) is 8.62. The molecule has 0 aromatic heterocycles. The standard InChI is InChI=1S/C15H21NO3S/c1-3-14-10-16(7-8-19-14)15(17)13-6-4-5-12(9-13)11-20(2)18/h4-6,9,14H,3,7-8,10-11H2,1-2H3. The number of hydrogen-bond acceptors (Lipinski definition) is 3. The molecular weight excluding hydrogens is 274 g/mol. The van der Waals surface area contributed by atoms with Crippen LogP contribution in [0, 0.1) is 0 Å². The van der Waals surface area contributed by atoms with Crippen molar-refractivity contribution in [3.05, 3.63) is 35.4 Å². The Kier molecular flexibility index (Phi) is 5.31. The third kappa shape index (κ3) is 3.90. The molecule has 1 amide bonds. The summed E-state index contributed by atoms with van der Waals surface area (Å²) in [5, 5.41) is 0. The van der Waals surface area contributed by atoms with Gasteiger partial charge in [-0.25, -0.2) is 0 Å². The van der Waals surface area contributed by atoms with Gasteiger partial charge in [-0.2, -0.15) is 0 Å². The summed E-state index contributed by atoms with van der Waals surface area (Å²) in [4.78, 5) is 14.3. The van der Waals surface area contributed by atoms with E-state index in [2.05, 4.69) is 6.92 Å². The summed E-state index contributed by atoms with van der Waals surface area (Å²) in [7, 11) is -0.895. The Balaban J connectivity index is 2.10. The first-order chi connectivity index (χ1) is 9.60. The molecule has 1 heterocycles. The van der Waals surface area contributed by atoms with Crippen LogP contribution in [0.1, 0.15) is 29.3 Å². The molecule has 2 rings (SSSR count). The van der Waals surface area contributed by atoms with E-state index >= 15 is 0 Å². The second kappa shape index (κ2) is 6.99. The predicted molar refractivity (Wildman–Crippen MR) is 80.1 cm³/mol. The summed E-state index contributed by atoms with van der Waals surface area (Å²) >= 11 is 0. The summed E-state index contributed by atoms with van der Waals surface area (Å²) < 4.78 is 16.9. The summed E-state index contributed by atoms with van der Waals surface area (Å²) in [5.41, 5.74) is 1.61. The van der Waals surface area contributed by atoms with E-state index in [4.69, 9.17) is 4.74 Å². The number of rotatable bonds is 4. The third-order valence-electron chi connectivity index (χ3n) is 3.43. The summed E-state index contributed by atoms with van der Waals surface area (Å²) in [6.07, 6.45) is 2.72. The SMILES string of the molecule is CCC1CN(C(=O)c2cccc(CS(C)=O)c2)CCO1. The van der Waals surface area contributed by atoms with Crippen LogP contribution in [0.2, 0.25) is 0 Å². The summed E-state index contributed by atoms with van der Waals surface area (Å²) in [6, 6.07) is 7.43. The summed E-state index contributed by atoms with van der Waals surface area (Å²) in [6.45, 7) is 3.96. The Hall–Kier alpha value is -1.20. The number of carbonyl (C=O) groups is 1. The van der Waals surface area contributed by atoms with Gasteiger partial charge in [0.05, 0.1) is 12.7 Å². The van der Waals surface area contributed by atoms with Gasteiger partial charge in [0, 0.05) is 41.5 Å². The molecule has 5 heteroatoms. The molecule has 1 saturated heterocycles. The minimum absolute atomic E-state index is 0.0375. The number of hydrogen-bond donors (Lipinski definition) is 0. The van der Waals surface area contributed by atoms with Gasteiger partial charge in [-0.1, -0.05) is 19.1 Å². The zero-order chi connectivity index (χ0) is 14.5. The fraction of sp³-hybridized carbons (Fsp3) is 0.533. The molecule has 0 bridgehead atoms. The van der Waals surface area contributed by atoms with Gasteiger partial charge in [0.15, 0.2) is 0 Å². The molecule has 0 saturated carbocycles. The van der Waals surface area contributed by atoms with Crippen molar-refractivity contribution >= 4 is 16.7 Å². The van der Waals surface area contributed by atoms with E-state index in [1.165, 1.54) is 0 Å². The largest absolute Gasteiger partial charge is 0.375 e. The van der Waals surface area contributed by atoms with Gasteiger partial charge < -0.3 is 9.64 Å². The van der Waals surface area contributed by atoms with Crippen LogP contribution >= 0.6 is 0 Å². The van der Waals surface area contributed by atoms with Crippen LogP contribution in [0.25, 0.3) is 0 Å². The molecule has 20 heavy (non-hydrogen) atoms. The summed E-state index contributed by atoms with van der Waals surface area (Å²) in [5.74, 6) is 0.525. The van der Waals surface area contributed by atoms with Gasteiger partial charge in [0.2, 0.25) is 0 Å². The molecule has 4 nitrogen and oxygen atoms in total. The van der Waals surface area contributed by atoms with Crippen molar-refractivity contribution in [1.29, 1.82) is 0 Å². The molecule has 0 N–H and O–H groups in total. The number of nitrogens with zero attached hydrogens (tertiary/aromatic N) is 1.